The van der Waals surface area contributed by atoms with E-state index in [1.807, 2.05) is 37.3 Å². The normalized spacial score (nSPS) is 20.0. The van der Waals surface area contributed by atoms with Crippen molar-refractivity contribution >= 4 is 17.4 Å². The highest BCUT2D eigenvalue weighted by Crippen LogP contribution is 2.28. The number of nitrogens with zero attached hydrogens (tertiary/aromatic N) is 1. The summed E-state index contributed by atoms with van der Waals surface area (Å²) in [4.78, 5) is 16.5. The monoisotopic (exact) mass is 345 g/mol. The van der Waals surface area contributed by atoms with Crippen LogP contribution >= 0.6 is 11.3 Å². The Morgan fingerprint density at radius 2 is 2.21 bits per heavy atom. The summed E-state index contributed by atoms with van der Waals surface area (Å²) in [6.45, 7) is 3.32. The molecular weight excluding hydrogens is 322 g/mol. The molecule has 0 spiro atoms. The van der Waals surface area contributed by atoms with Crippen molar-refractivity contribution in [2.45, 2.75) is 38.3 Å². The third-order valence-electron chi connectivity index (χ3n) is 4.06. The highest BCUT2D eigenvalue weighted by Gasteiger charge is 2.30. The Bertz CT molecular complexity index is 659. The maximum absolute atomic E-state index is 12.1. The molecule has 0 aliphatic carbocycles. The first-order valence-corrected chi connectivity index (χ1v) is 9.22. The number of hydrogen-bond donors (Lipinski definition) is 2. The Morgan fingerprint density at radius 3 is 2.96 bits per heavy atom. The number of carbonyl (C=O) groups excluding carboxylic acids is 1. The van der Waals surface area contributed by atoms with E-state index < -0.39 is 0 Å². The number of aryl methyl sites for hydroxylation is 2. The maximum Gasteiger partial charge on any atom is 0.315 e. The Balaban J connectivity index is 1.41. The number of hydrogen-bond acceptors (Lipinski definition) is 4. The first-order chi connectivity index (χ1) is 11.7. The van der Waals surface area contributed by atoms with Crippen molar-refractivity contribution in [2.24, 2.45) is 0 Å². The molecule has 1 fully saturated rings. The lowest BCUT2D eigenvalue weighted by molar-refractivity contribution is 0.0999. The Labute approximate surface area is 146 Å². The number of thiazole rings is 1. The fourth-order valence-corrected chi connectivity index (χ4v) is 3.71. The van der Waals surface area contributed by atoms with Crippen LogP contribution in [0.5, 0.6) is 0 Å². The van der Waals surface area contributed by atoms with Crippen LogP contribution in [-0.4, -0.2) is 30.2 Å². The second-order valence-corrected chi connectivity index (χ2v) is 6.93. The van der Waals surface area contributed by atoms with Gasteiger partial charge in [-0.1, -0.05) is 30.3 Å². The molecule has 1 aromatic heterocycles. The van der Waals surface area contributed by atoms with Gasteiger partial charge in [-0.3, -0.25) is 0 Å². The van der Waals surface area contributed by atoms with Gasteiger partial charge in [0.15, 0.2) is 0 Å². The molecule has 2 atom stereocenters. The summed E-state index contributed by atoms with van der Waals surface area (Å²) in [7, 11) is 0. The van der Waals surface area contributed by atoms with E-state index in [1.165, 1.54) is 0 Å². The summed E-state index contributed by atoms with van der Waals surface area (Å²) in [6, 6.07) is 9.95. The van der Waals surface area contributed by atoms with Gasteiger partial charge in [0, 0.05) is 30.6 Å². The Kier molecular flexibility index (Phi) is 5.82. The summed E-state index contributed by atoms with van der Waals surface area (Å²) in [5, 5.41) is 9.15. The van der Waals surface area contributed by atoms with E-state index in [9.17, 15) is 4.79 Å². The molecule has 0 bridgehead atoms. The fourth-order valence-electron chi connectivity index (χ4n) is 2.89. The third-order valence-corrected chi connectivity index (χ3v) is 5.08. The molecule has 6 heteroatoms. The number of amides is 2. The van der Waals surface area contributed by atoms with Gasteiger partial charge in [-0.25, -0.2) is 9.78 Å². The number of rotatable bonds is 6. The molecule has 5 nitrogen and oxygen atoms in total. The molecule has 1 aliphatic rings. The maximum atomic E-state index is 12.1. The van der Waals surface area contributed by atoms with Gasteiger partial charge < -0.3 is 15.4 Å². The molecule has 24 heavy (non-hydrogen) atoms. The largest absolute Gasteiger partial charge is 0.371 e. The first kappa shape index (κ1) is 16.9. The smallest absolute Gasteiger partial charge is 0.315 e. The standard InChI is InChI=1S/C18H23N3O2S/c1-13-12-24-16(20-13)8-5-10-19-18(22)21-15-9-11-23-17(15)14-6-3-2-4-7-14/h2-4,6-7,12,15,17H,5,8-11H2,1H3,(H2,19,21,22)/t15-,17+/m1/s1. The molecule has 0 unspecified atom stereocenters. The molecule has 0 radical (unpaired) electrons. The van der Waals surface area contributed by atoms with Crippen LogP contribution in [-0.2, 0) is 11.2 Å². The van der Waals surface area contributed by atoms with Gasteiger partial charge in [0.1, 0.15) is 6.10 Å². The lowest BCUT2D eigenvalue weighted by Gasteiger charge is -2.20. The fraction of sp³-hybridized carbons (Fsp3) is 0.444. The second-order valence-electron chi connectivity index (χ2n) is 5.98. The van der Waals surface area contributed by atoms with E-state index in [0.29, 0.717) is 13.2 Å². The molecule has 2 heterocycles. The zero-order valence-electron chi connectivity index (χ0n) is 13.8. The van der Waals surface area contributed by atoms with Crippen molar-refractivity contribution in [2.75, 3.05) is 13.2 Å². The van der Waals surface area contributed by atoms with Crippen LogP contribution in [0.2, 0.25) is 0 Å². The summed E-state index contributed by atoms with van der Waals surface area (Å²) < 4.78 is 5.79. The van der Waals surface area contributed by atoms with Crippen molar-refractivity contribution in [1.82, 2.24) is 15.6 Å². The topological polar surface area (TPSA) is 63.2 Å². The van der Waals surface area contributed by atoms with Crippen LogP contribution in [0.15, 0.2) is 35.7 Å². The number of aromatic nitrogens is 1. The van der Waals surface area contributed by atoms with Gasteiger partial charge in [-0.05, 0) is 25.3 Å². The predicted octanol–water partition coefficient (Wildman–Crippen LogP) is 3.21. The van der Waals surface area contributed by atoms with E-state index >= 15 is 0 Å². The lowest BCUT2D eigenvalue weighted by Crippen LogP contribution is -2.43. The number of urea groups is 1. The quantitative estimate of drug-likeness (QED) is 0.790. The average molecular weight is 345 g/mol. The van der Waals surface area contributed by atoms with E-state index in [-0.39, 0.29) is 18.2 Å². The summed E-state index contributed by atoms with van der Waals surface area (Å²) >= 11 is 1.68. The number of carbonyl (C=O) groups is 1. The van der Waals surface area contributed by atoms with Gasteiger partial charge in [-0.15, -0.1) is 11.3 Å². The van der Waals surface area contributed by atoms with Crippen molar-refractivity contribution in [3.05, 3.63) is 52.0 Å². The van der Waals surface area contributed by atoms with Crippen LogP contribution < -0.4 is 10.6 Å². The SMILES string of the molecule is Cc1csc(CCCNC(=O)N[C@@H]2CCO[C@H]2c2ccccc2)n1. The van der Waals surface area contributed by atoms with Gasteiger partial charge >= 0.3 is 6.03 Å². The Morgan fingerprint density at radius 1 is 1.38 bits per heavy atom. The molecular formula is C18H23N3O2S. The minimum absolute atomic E-state index is 0.0222. The first-order valence-electron chi connectivity index (χ1n) is 8.34. The molecule has 3 rings (SSSR count). The van der Waals surface area contributed by atoms with Gasteiger partial charge in [0.2, 0.25) is 0 Å². The van der Waals surface area contributed by atoms with E-state index in [0.717, 1.165) is 35.5 Å². The van der Waals surface area contributed by atoms with Crippen molar-refractivity contribution < 1.29 is 9.53 Å². The molecule has 1 saturated heterocycles. The van der Waals surface area contributed by atoms with Gasteiger partial charge in [0.05, 0.1) is 11.0 Å². The lowest BCUT2D eigenvalue weighted by atomic mass is 10.0. The number of benzene rings is 1. The van der Waals surface area contributed by atoms with E-state index in [4.69, 9.17) is 4.74 Å². The van der Waals surface area contributed by atoms with Crippen molar-refractivity contribution in [1.29, 1.82) is 0 Å². The number of ether oxygens (including phenoxy) is 1. The van der Waals surface area contributed by atoms with Crippen LogP contribution in [0.1, 0.15) is 35.2 Å². The molecule has 1 aromatic carbocycles. The molecule has 0 saturated carbocycles. The number of nitrogens with one attached hydrogen (secondary N) is 2. The zero-order chi connectivity index (χ0) is 16.8. The molecule has 2 aromatic rings. The predicted molar refractivity (Wildman–Crippen MR) is 95.2 cm³/mol. The van der Waals surface area contributed by atoms with Crippen LogP contribution in [0.25, 0.3) is 0 Å². The van der Waals surface area contributed by atoms with Gasteiger partial charge in [-0.2, -0.15) is 0 Å². The van der Waals surface area contributed by atoms with E-state index in [1.54, 1.807) is 11.3 Å². The van der Waals surface area contributed by atoms with E-state index in [2.05, 4.69) is 21.0 Å². The molecule has 2 N–H and O–H groups in total. The zero-order valence-corrected chi connectivity index (χ0v) is 14.6. The third kappa shape index (κ3) is 4.55. The molecule has 128 valence electrons. The minimum Gasteiger partial charge on any atom is -0.371 e. The summed E-state index contributed by atoms with van der Waals surface area (Å²) in [5.41, 5.74) is 2.17. The molecule has 2 amide bonds. The minimum atomic E-state index is -0.123. The van der Waals surface area contributed by atoms with Crippen LogP contribution in [0, 0.1) is 6.92 Å². The van der Waals surface area contributed by atoms with Crippen molar-refractivity contribution in [3.8, 4) is 0 Å². The van der Waals surface area contributed by atoms with Crippen molar-refractivity contribution in [3.63, 3.8) is 0 Å². The highest BCUT2D eigenvalue weighted by atomic mass is 32.1. The molecule has 1 aliphatic heterocycles. The van der Waals surface area contributed by atoms with Crippen LogP contribution in [0.4, 0.5) is 4.79 Å². The Hall–Kier alpha value is -1.92. The summed E-state index contributed by atoms with van der Waals surface area (Å²) in [6.07, 6.45) is 2.57. The summed E-state index contributed by atoms with van der Waals surface area (Å²) in [5.74, 6) is 0. The second kappa shape index (κ2) is 8.26. The average Bonchev–Trinajstić information content (AvgIpc) is 3.21. The van der Waals surface area contributed by atoms with Crippen LogP contribution in [0.3, 0.4) is 0 Å². The highest BCUT2D eigenvalue weighted by molar-refractivity contribution is 7.09. The van der Waals surface area contributed by atoms with Gasteiger partial charge in [0.25, 0.3) is 0 Å².